The second kappa shape index (κ2) is 6.13. The molecule has 0 aliphatic carbocycles. The van der Waals surface area contributed by atoms with Gasteiger partial charge in [0.05, 0.1) is 11.1 Å². The van der Waals surface area contributed by atoms with Crippen LogP contribution in [-0.2, 0) is 4.84 Å². The van der Waals surface area contributed by atoms with E-state index in [0.717, 1.165) is 24.5 Å². The van der Waals surface area contributed by atoms with E-state index < -0.39 is 46.6 Å². The number of imide groups is 1. The fourth-order valence-corrected chi connectivity index (χ4v) is 2.56. The first-order valence-electron chi connectivity index (χ1n) is 7.57. The van der Waals surface area contributed by atoms with Gasteiger partial charge in [-0.05, 0) is 24.3 Å². The van der Waals surface area contributed by atoms with Crippen molar-refractivity contribution in [1.82, 2.24) is 10.0 Å². The maximum atomic E-state index is 13.8. The highest BCUT2D eigenvalue weighted by Gasteiger charge is 2.39. The van der Waals surface area contributed by atoms with Gasteiger partial charge >= 0.3 is 5.97 Å². The third-order valence-corrected chi connectivity index (χ3v) is 3.82. The smallest absolute Gasteiger partial charge is 0.385 e. The SMILES string of the molecule is O=C(ON1C(=O)c2ccccc2C1=O)c1coc(-c2c(F)cccc2F)n1. The van der Waals surface area contributed by atoms with E-state index in [0.29, 0.717) is 5.06 Å². The average molecular weight is 370 g/mol. The maximum Gasteiger partial charge on any atom is 0.385 e. The Labute approximate surface area is 149 Å². The monoisotopic (exact) mass is 370 g/mol. The summed E-state index contributed by atoms with van der Waals surface area (Å²) in [6.07, 6.45) is 0.807. The molecule has 0 unspecified atom stereocenters. The molecule has 3 aromatic rings. The first-order valence-corrected chi connectivity index (χ1v) is 7.57. The van der Waals surface area contributed by atoms with Crippen LogP contribution in [0.25, 0.3) is 11.5 Å². The van der Waals surface area contributed by atoms with E-state index in [-0.39, 0.29) is 11.1 Å². The lowest BCUT2D eigenvalue weighted by molar-refractivity contribution is -0.0588. The van der Waals surface area contributed by atoms with Crippen LogP contribution in [-0.4, -0.2) is 27.8 Å². The number of carbonyl (C=O) groups is 3. The Hall–Kier alpha value is -3.88. The molecule has 2 heterocycles. The summed E-state index contributed by atoms with van der Waals surface area (Å²) >= 11 is 0. The van der Waals surface area contributed by atoms with Gasteiger partial charge in [0.2, 0.25) is 5.89 Å². The van der Waals surface area contributed by atoms with E-state index >= 15 is 0 Å². The molecule has 134 valence electrons. The van der Waals surface area contributed by atoms with E-state index in [4.69, 9.17) is 9.25 Å². The number of rotatable bonds is 3. The third kappa shape index (κ3) is 2.65. The average Bonchev–Trinajstić information content (AvgIpc) is 3.22. The Bertz CT molecular complexity index is 1050. The first kappa shape index (κ1) is 16.6. The Kier molecular flexibility index (Phi) is 3.76. The van der Waals surface area contributed by atoms with Crippen LogP contribution >= 0.6 is 0 Å². The van der Waals surface area contributed by atoms with Crippen molar-refractivity contribution >= 4 is 17.8 Å². The van der Waals surface area contributed by atoms with Crippen molar-refractivity contribution in [3.63, 3.8) is 0 Å². The predicted molar refractivity (Wildman–Crippen MR) is 84.2 cm³/mol. The molecule has 0 bridgehead atoms. The summed E-state index contributed by atoms with van der Waals surface area (Å²) in [5.74, 6) is -5.17. The molecule has 0 N–H and O–H groups in total. The zero-order valence-corrected chi connectivity index (χ0v) is 13.3. The lowest BCUT2D eigenvalue weighted by Gasteiger charge is -2.11. The molecular formula is C18H8F2N2O5. The van der Waals surface area contributed by atoms with Crippen LogP contribution in [0, 0.1) is 11.6 Å². The van der Waals surface area contributed by atoms with Crippen molar-refractivity contribution < 1.29 is 32.4 Å². The van der Waals surface area contributed by atoms with Gasteiger partial charge in [-0.2, -0.15) is 0 Å². The summed E-state index contributed by atoms with van der Waals surface area (Å²) < 4.78 is 32.5. The number of aromatic nitrogens is 1. The van der Waals surface area contributed by atoms with Gasteiger partial charge in [-0.1, -0.05) is 23.3 Å². The van der Waals surface area contributed by atoms with Crippen molar-refractivity contribution in [3.8, 4) is 11.5 Å². The predicted octanol–water partition coefficient (Wildman–Crippen LogP) is 2.99. The number of nitrogens with zero attached hydrogens (tertiary/aromatic N) is 2. The third-order valence-electron chi connectivity index (χ3n) is 3.82. The topological polar surface area (TPSA) is 89.7 Å². The van der Waals surface area contributed by atoms with Gasteiger partial charge in [-0.15, -0.1) is 0 Å². The normalized spacial score (nSPS) is 13.0. The fourth-order valence-electron chi connectivity index (χ4n) is 2.56. The summed E-state index contributed by atoms with van der Waals surface area (Å²) in [5.41, 5.74) is -0.851. The van der Waals surface area contributed by atoms with E-state index in [1.165, 1.54) is 12.1 Å². The number of hydroxylamine groups is 2. The molecule has 1 aliphatic heterocycles. The number of hydrogen-bond donors (Lipinski definition) is 0. The summed E-state index contributed by atoms with van der Waals surface area (Å²) in [6.45, 7) is 0. The van der Waals surface area contributed by atoms with E-state index in [1.807, 2.05) is 0 Å². The fraction of sp³-hybridized carbons (Fsp3) is 0. The van der Waals surface area contributed by atoms with Crippen molar-refractivity contribution in [3.05, 3.63) is 77.2 Å². The molecule has 4 rings (SSSR count). The molecular weight excluding hydrogens is 362 g/mol. The molecule has 0 radical (unpaired) electrons. The Morgan fingerprint density at radius 1 is 0.963 bits per heavy atom. The van der Waals surface area contributed by atoms with Gasteiger partial charge in [0.15, 0.2) is 5.69 Å². The lowest BCUT2D eigenvalue weighted by Crippen LogP contribution is -2.32. The zero-order chi connectivity index (χ0) is 19.1. The molecule has 2 aromatic carbocycles. The molecule has 2 amide bonds. The second-order valence-corrected chi connectivity index (χ2v) is 5.46. The molecule has 0 saturated heterocycles. The molecule has 7 nitrogen and oxygen atoms in total. The van der Waals surface area contributed by atoms with Gasteiger partial charge in [-0.25, -0.2) is 18.6 Å². The summed E-state index contributed by atoms with van der Waals surface area (Å²) in [6, 6.07) is 9.11. The van der Waals surface area contributed by atoms with Crippen LogP contribution in [0.5, 0.6) is 0 Å². The Balaban J connectivity index is 1.58. The van der Waals surface area contributed by atoms with Crippen molar-refractivity contribution in [2.24, 2.45) is 0 Å². The van der Waals surface area contributed by atoms with Gasteiger partial charge in [0, 0.05) is 0 Å². The largest absolute Gasteiger partial charge is 0.443 e. The van der Waals surface area contributed by atoms with E-state index in [1.54, 1.807) is 12.1 Å². The number of halogens is 2. The highest BCUT2D eigenvalue weighted by atomic mass is 19.1. The highest BCUT2D eigenvalue weighted by molar-refractivity contribution is 6.21. The van der Waals surface area contributed by atoms with Crippen LogP contribution in [0.1, 0.15) is 31.2 Å². The van der Waals surface area contributed by atoms with Crippen LogP contribution in [0.15, 0.2) is 53.1 Å². The Morgan fingerprint density at radius 2 is 1.56 bits per heavy atom. The van der Waals surface area contributed by atoms with Crippen molar-refractivity contribution in [1.29, 1.82) is 0 Å². The van der Waals surface area contributed by atoms with Crippen molar-refractivity contribution in [2.75, 3.05) is 0 Å². The molecule has 0 atom stereocenters. The van der Waals surface area contributed by atoms with Crippen LogP contribution in [0.2, 0.25) is 0 Å². The van der Waals surface area contributed by atoms with Crippen LogP contribution < -0.4 is 0 Å². The quantitative estimate of drug-likeness (QED) is 0.659. The summed E-state index contributed by atoms with van der Waals surface area (Å²) in [5, 5.41) is 0.297. The number of oxazole rings is 1. The van der Waals surface area contributed by atoms with Crippen molar-refractivity contribution in [2.45, 2.75) is 0 Å². The number of fused-ring (bicyclic) bond motifs is 1. The first-order chi connectivity index (χ1) is 13.0. The Morgan fingerprint density at radius 3 is 2.15 bits per heavy atom. The van der Waals surface area contributed by atoms with Gasteiger partial charge in [0.1, 0.15) is 23.5 Å². The van der Waals surface area contributed by atoms with Gasteiger partial charge in [0.25, 0.3) is 11.8 Å². The number of hydrogen-bond acceptors (Lipinski definition) is 6. The van der Waals surface area contributed by atoms with Gasteiger partial charge in [-0.3, -0.25) is 9.59 Å². The molecule has 0 saturated carbocycles. The molecule has 1 aromatic heterocycles. The van der Waals surface area contributed by atoms with Crippen LogP contribution in [0.3, 0.4) is 0 Å². The van der Waals surface area contributed by atoms with Crippen LogP contribution in [0.4, 0.5) is 8.78 Å². The minimum Gasteiger partial charge on any atom is -0.443 e. The maximum absolute atomic E-state index is 13.8. The molecule has 27 heavy (non-hydrogen) atoms. The summed E-state index contributed by atoms with van der Waals surface area (Å²) in [4.78, 5) is 45.0. The number of carbonyl (C=O) groups excluding carboxylic acids is 3. The molecule has 0 spiro atoms. The lowest BCUT2D eigenvalue weighted by atomic mass is 10.1. The second-order valence-electron chi connectivity index (χ2n) is 5.46. The van der Waals surface area contributed by atoms with E-state index in [9.17, 15) is 23.2 Å². The highest BCUT2D eigenvalue weighted by Crippen LogP contribution is 2.26. The molecule has 1 aliphatic rings. The summed E-state index contributed by atoms with van der Waals surface area (Å²) in [7, 11) is 0. The van der Waals surface area contributed by atoms with E-state index in [2.05, 4.69) is 4.98 Å². The van der Waals surface area contributed by atoms with Gasteiger partial charge < -0.3 is 9.25 Å². The standard InChI is InChI=1S/C18H8F2N2O5/c19-11-6-3-7-12(20)14(11)15-21-13(8-26-15)18(25)27-22-16(23)9-4-1-2-5-10(9)17(22)24/h1-8H. The number of benzene rings is 2. The zero-order valence-electron chi connectivity index (χ0n) is 13.3. The minimum atomic E-state index is -1.20. The minimum absolute atomic E-state index is 0.0876. The molecule has 0 fully saturated rings. The molecule has 9 heteroatoms. The number of amides is 2.